The van der Waals surface area contributed by atoms with Crippen molar-refractivity contribution < 1.29 is 17.6 Å². The Kier molecular flexibility index (Phi) is 8.54. The maximum Gasteiger partial charge on any atom is 0.322 e. The molecule has 8 nitrogen and oxygen atoms in total. The first-order valence-corrected chi connectivity index (χ1v) is 13.0. The van der Waals surface area contributed by atoms with E-state index in [2.05, 4.69) is 15.5 Å². The molecule has 0 aliphatic carbocycles. The number of nitrogens with one attached hydrogen (secondary N) is 1. The number of anilines is 1. The van der Waals surface area contributed by atoms with Crippen LogP contribution in [0.25, 0.3) is 0 Å². The van der Waals surface area contributed by atoms with Crippen LogP contribution in [0.1, 0.15) is 60.7 Å². The molecule has 0 fully saturated rings. The number of amides is 1. The number of aromatic nitrogens is 2. The van der Waals surface area contributed by atoms with Crippen LogP contribution < -0.4 is 5.32 Å². The number of hydrogen-bond acceptors (Lipinski definition) is 7. The quantitative estimate of drug-likeness (QED) is 0.411. The molecular weight excluding hydrogens is 448 g/mol. The lowest BCUT2D eigenvalue weighted by molar-refractivity contribution is 0.102. The third kappa shape index (κ3) is 6.24. The van der Waals surface area contributed by atoms with Crippen LogP contribution >= 0.6 is 11.3 Å². The van der Waals surface area contributed by atoms with Crippen LogP contribution in [0, 0.1) is 0 Å². The Balaban J connectivity index is 1.66. The van der Waals surface area contributed by atoms with Crippen LogP contribution in [0.15, 0.2) is 51.1 Å². The Hall–Kier alpha value is -2.56. The van der Waals surface area contributed by atoms with Gasteiger partial charge in [0, 0.05) is 23.5 Å². The molecule has 3 rings (SSSR count). The number of thiophene rings is 1. The maximum atomic E-state index is 13.0. The van der Waals surface area contributed by atoms with Gasteiger partial charge in [-0.25, -0.2) is 8.42 Å². The zero-order valence-electron chi connectivity index (χ0n) is 18.3. The van der Waals surface area contributed by atoms with Crippen LogP contribution in [0.4, 0.5) is 6.01 Å². The SMILES string of the molecule is CCCCN(CCCC)S(=O)(=O)c1ccc(C(=O)Nc2nnc(Cc3cccs3)o2)cc1. The molecule has 172 valence electrons. The lowest BCUT2D eigenvalue weighted by Gasteiger charge is -2.22. The summed E-state index contributed by atoms with van der Waals surface area (Å²) in [6, 6.07) is 9.82. The number of unbranched alkanes of at least 4 members (excludes halogenated alkanes) is 2. The molecule has 0 saturated carbocycles. The minimum absolute atomic E-state index is 0.00330. The van der Waals surface area contributed by atoms with E-state index in [4.69, 9.17) is 4.42 Å². The minimum Gasteiger partial charge on any atom is -0.407 e. The third-order valence-corrected chi connectivity index (χ3v) is 7.66. The molecule has 32 heavy (non-hydrogen) atoms. The van der Waals surface area contributed by atoms with Crippen LogP contribution in [0.2, 0.25) is 0 Å². The number of carbonyl (C=O) groups is 1. The molecular formula is C22H28N4O4S2. The second-order valence-electron chi connectivity index (χ2n) is 7.35. The van der Waals surface area contributed by atoms with Gasteiger partial charge in [-0.15, -0.1) is 16.4 Å². The number of carbonyl (C=O) groups excluding carboxylic acids is 1. The monoisotopic (exact) mass is 476 g/mol. The van der Waals surface area contributed by atoms with Crippen molar-refractivity contribution in [1.29, 1.82) is 0 Å². The average molecular weight is 477 g/mol. The fourth-order valence-corrected chi connectivity index (χ4v) is 5.27. The van der Waals surface area contributed by atoms with Crippen LogP contribution in [-0.2, 0) is 16.4 Å². The van der Waals surface area contributed by atoms with Gasteiger partial charge in [-0.1, -0.05) is 37.9 Å². The smallest absolute Gasteiger partial charge is 0.322 e. The van der Waals surface area contributed by atoms with Crippen LogP contribution in [-0.4, -0.2) is 41.9 Å². The Morgan fingerprint density at radius 2 is 1.75 bits per heavy atom. The summed E-state index contributed by atoms with van der Waals surface area (Å²) in [4.78, 5) is 13.8. The van der Waals surface area contributed by atoms with Crippen molar-refractivity contribution in [3.63, 3.8) is 0 Å². The molecule has 0 unspecified atom stereocenters. The van der Waals surface area contributed by atoms with Crippen molar-refractivity contribution in [2.75, 3.05) is 18.4 Å². The van der Waals surface area contributed by atoms with E-state index in [1.165, 1.54) is 28.6 Å². The second-order valence-corrected chi connectivity index (χ2v) is 10.3. The normalized spacial score (nSPS) is 11.7. The van der Waals surface area contributed by atoms with Crippen LogP contribution in [0.3, 0.4) is 0 Å². The number of sulfonamides is 1. The number of benzene rings is 1. The largest absolute Gasteiger partial charge is 0.407 e. The van der Waals surface area contributed by atoms with E-state index in [-0.39, 0.29) is 10.9 Å². The van der Waals surface area contributed by atoms with E-state index in [9.17, 15) is 13.2 Å². The molecule has 3 aromatic rings. The molecule has 1 aromatic carbocycles. The van der Waals surface area contributed by atoms with Gasteiger partial charge in [0.15, 0.2) is 0 Å². The minimum atomic E-state index is -3.61. The van der Waals surface area contributed by atoms with Gasteiger partial charge < -0.3 is 4.42 Å². The summed E-state index contributed by atoms with van der Waals surface area (Å²) in [5, 5.41) is 12.3. The fraction of sp³-hybridized carbons (Fsp3) is 0.409. The molecule has 0 aliphatic heterocycles. The number of hydrogen-bond donors (Lipinski definition) is 1. The van der Waals surface area contributed by atoms with E-state index in [1.54, 1.807) is 11.3 Å². The molecule has 0 bridgehead atoms. The molecule has 2 aromatic heterocycles. The van der Waals surface area contributed by atoms with Gasteiger partial charge in [-0.05, 0) is 48.6 Å². The van der Waals surface area contributed by atoms with Gasteiger partial charge in [0.05, 0.1) is 11.3 Å². The van der Waals surface area contributed by atoms with Crippen molar-refractivity contribution >= 4 is 33.3 Å². The van der Waals surface area contributed by atoms with Gasteiger partial charge in [0.25, 0.3) is 5.91 Å². The summed E-state index contributed by atoms with van der Waals surface area (Å²) in [6.07, 6.45) is 3.95. The first kappa shape index (κ1) is 24.1. The van der Waals surface area contributed by atoms with E-state index >= 15 is 0 Å². The van der Waals surface area contributed by atoms with Crippen LogP contribution in [0.5, 0.6) is 0 Å². The summed E-state index contributed by atoms with van der Waals surface area (Å²) in [5.41, 5.74) is 0.302. The molecule has 1 amide bonds. The highest BCUT2D eigenvalue weighted by atomic mass is 32.2. The van der Waals surface area contributed by atoms with Crippen molar-refractivity contribution in [1.82, 2.24) is 14.5 Å². The molecule has 1 N–H and O–H groups in total. The summed E-state index contributed by atoms with van der Waals surface area (Å²) in [5.74, 6) is -0.0439. The summed E-state index contributed by atoms with van der Waals surface area (Å²) < 4.78 is 33.1. The predicted octanol–water partition coefficient (Wildman–Crippen LogP) is 4.57. The Bertz CT molecular complexity index is 1090. The molecule has 0 aliphatic rings. The molecule has 0 spiro atoms. The summed E-state index contributed by atoms with van der Waals surface area (Å²) >= 11 is 1.58. The number of nitrogens with zero attached hydrogens (tertiary/aromatic N) is 3. The first-order valence-electron chi connectivity index (χ1n) is 10.7. The van der Waals surface area contributed by atoms with Gasteiger partial charge in [0.1, 0.15) is 0 Å². The highest BCUT2D eigenvalue weighted by molar-refractivity contribution is 7.89. The van der Waals surface area contributed by atoms with Gasteiger partial charge >= 0.3 is 6.01 Å². The van der Waals surface area contributed by atoms with Crippen molar-refractivity contribution in [2.45, 2.75) is 50.8 Å². The number of rotatable bonds is 12. The zero-order valence-corrected chi connectivity index (χ0v) is 19.9. The highest BCUT2D eigenvalue weighted by Crippen LogP contribution is 2.19. The van der Waals surface area contributed by atoms with Crippen molar-refractivity contribution in [2.24, 2.45) is 0 Å². The molecule has 0 radical (unpaired) electrons. The predicted molar refractivity (Wildman–Crippen MR) is 124 cm³/mol. The third-order valence-electron chi connectivity index (χ3n) is 4.87. The van der Waals surface area contributed by atoms with Gasteiger partial charge in [-0.3, -0.25) is 10.1 Å². The molecule has 10 heteroatoms. The fourth-order valence-electron chi connectivity index (χ4n) is 3.06. The van der Waals surface area contributed by atoms with Crippen molar-refractivity contribution in [3.8, 4) is 0 Å². The second kappa shape index (κ2) is 11.3. The first-order chi connectivity index (χ1) is 15.4. The topological polar surface area (TPSA) is 105 Å². The molecule has 0 saturated heterocycles. The van der Waals surface area contributed by atoms with Gasteiger partial charge in [0.2, 0.25) is 15.9 Å². The Morgan fingerprint density at radius 3 is 2.34 bits per heavy atom. The zero-order chi connectivity index (χ0) is 23.0. The van der Waals surface area contributed by atoms with Crippen molar-refractivity contribution in [3.05, 3.63) is 58.1 Å². The molecule has 2 heterocycles. The molecule has 0 atom stereocenters. The van der Waals surface area contributed by atoms with E-state index in [0.717, 1.165) is 30.6 Å². The van der Waals surface area contributed by atoms with E-state index < -0.39 is 15.9 Å². The average Bonchev–Trinajstić information content (AvgIpc) is 3.46. The maximum absolute atomic E-state index is 13.0. The standard InChI is InChI=1S/C22H28N4O4S2/c1-3-5-13-26(14-6-4-2)32(28,29)19-11-9-17(10-12-19)21(27)23-22-25-24-20(30-22)16-18-8-7-15-31-18/h7-12,15H,3-6,13-14,16H2,1-2H3,(H,23,25,27). The van der Waals surface area contributed by atoms with E-state index in [0.29, 0.717) is 31.0 Å². The summed E-state index contributed by atoms with van der Waals surface area (Å²) in [6.45, 7) is 5.05. The highest BCUT2D eigenvalue weighted by Gasteiger charge is 2.24. The van der Waals surface area contributed by atoms with E-state index in [1.807, 2.05) is 31.4 Å². The van der Waals surface area contributed by atoms with Gasteiger partial charge in [-0.2, -0.15) is 4.31 Å². The Labute approximate surface area is 192 Å². The lowest BCUT2D eigenvalue weighted by Crippen LogP contribution is -2.33. The Morgan fingerprint density at radius 1 is 1.06 bits per heavy atom. The summed E-state index contributed by atoms with van der Waals surface area (Å²) in [7, 11) is -3.61. The lowest BCUT2D eigenvalue weighted by atomic mass is 10.2.